The second-order valence-electron chi connectivity index (χ2n) is 3.77. The average Bonchev–Trinajstić information content (AvgIpc) is 2.41. The maximum atomic E-state index is 13.3. The van der Waals surface area contributed by atoms with Crippen LogP contribution in [0, 0.1) is 29.3 Å². The van der Waals surface area contributed by atoms with Gasteiger partial charge in [-0.3, -0.25) is 0 Å². The summed E-state index contributed by atoms with van der Waals surface area (Å²) >= 11 is 0. The minimum absolute atomic E-state index is 0.110. The summed E-state index contributed by atoms with van der Waals surface area (Å²) in [6.07, 6.45) is 0. The molecule has 0 heterocycles. The SMILES string of the molecule is Fc1cc(F)c(NCC#Cc2ccccc2)cc1F. The fourth-order valence-corrected chi connectivity index (χ4v) is 1.47. The Bertz CT molecular complexity index is 627. The molecule has 2 rings (SSSR count). The predicted octanol–water partition coefficient (Wildman–Crippen LogP) is 3.57. The first-order valence-electron chi connectivity index (χ1n) is 5.59. The van der Waals surface area contributed by atoms with Gasteiger partial charge in [0.2, 0.25) is 0 Å². The number of rotatable bonds is 2. The first-order chi connectivity index (χ1) is 9.16. The molecule has 96 valence electrons. The molecule has 0 aromatic heterocycles. The van der Waals surface area contributed by atoms with Gasteiger partial charge in [0.15, 0.2) is 11.6 Å². The lowest BCUT2D eigenvalue weighted by Crippen LogP contribution is -2.02. The molecular formula is C15H10F3N. The molecule has 0 aliphatic heterocycles. The molecule has 4 heteroatoms. The summed E-state index contributed by atoms with van der Waals surface area (Å²) in [7, 11) is 0. The van der Waals surface area contributed by atoms with Gasteiger partial charge >= 0.3 is 0 Å². The van der Waals surface area contributed by atoms with E-state index in [1.54, 1.807) is 0 Å². The van der Waals surface area contributed by atoms with Gasteiger partial charge < -0.3 is 5.32 Å². The largest absolute Gasteiger partial charge is 0.372 e. The van der Waals surface area contributed by atoms with Gasteiger partial charge in [-0.1, -0.05) is 30.0 Å². The molecule has 0 bridgehead atoms. The molecule has 0 atom stereocenters. The van der Waals surface area contributed by atoms with Crippen molar-refractivity contribution in [1.82, 2.24) is 0 Å². The van der Waals surface area contributed by atoms with Crippen LogP contribution in [0.25, 0.3) is 0 Å². The summed E-state index contributed by atoms with van der Waals surface area (Å²) in [4.78, 5) is 0. The van der Waals surface area contributed by atoms with Crippen molar-refractivity contribution in [3.8, 4) is 11.8 Å². The van der Waals surface area contributed by atoms with E-state index >= 15 is 0 Å². The van der Waals surface area contributed by atoms with Gasteiger partial charge in [-0.15, -0.1) is 0 Å². The van der Waals surface area contributed by atoms with Gasteiger partial charge in [0, 0.05) is 17.7 Å². The fourth-order valence-electron chi connectivity index (χ4n) is 1.47. The van der Waals surface area contributed by atoms with Gasteiger partial charge in [-0.25, -0.2) is 13.2 Å². The molecule has 1 N–H and O–H groups in total. The molecular weight excluding hydrogens is 251 g/mol. The highest BCUT2D eigenvalue weighted by molar-refractivity contribution is 5.46. The normalized spacial score (nSPS) is 9.63. The molecule has 1 nitrogen and oxygen atoms in total. The number of hydrogen-bond acceptors (Lipinski definition) is 1. The zero-order valence-electron chi connectivity index (χ0n) is 9.88. The maximum absolute atomic E-state index is 13.3. The molecule has 2 aromatic rings. The number of anilines is 1. The third-order valence-corrected chi connectivity index (χ3v) is 2.38. The minimum atomic E-state index is -1.21. The van der Waals surface area contributed by atoms with Crippen LogP contribution >= 0.6 is 0 Å². The minimum Gasteiger partial charge on any atom is -0.372 e. The van der Waals surface area contributed by atoms with Crippen molar-refractivity contribution in [3.63, 3.8) is 0 Å². The molecule has 0 unspecified atom stereocenters. The molecule has 0 fully saturated rings. The van der Waals surface area contributed by atoms with E-state index < -0.39 is 17.5 Å². The summed E-state index contributed by atoms with van der Waals surface area (Å²) in [6.45, 7) is 0.136. The Kier molecular flexibility index (Phi) is 4.09. The van der Waals surface area contributed by atoms with Crippen molar-refractivity contribution in [1.29, 1.82) is 0 Å². The molecule has 0 aliphatic carbocycles. The van der Waals surface area contributed by atoms with E-state index in [9.17, 15) is 13.2 Å². The lowest BCUT2D eigenvalue weighted by atomic mass is 10.2. The molecule has 19 heavy (non-hydrogen) atoms. The number of hydrogen-bond donors (Lipinski definition) is 1. The first-order valence-corrected chi connectivity index (χ1v) is 5.59. The monoisotopic (exact) mass is 261 g/mol. The Morgan fingerprint density at radius 1 is 0.895 bits per heavy atom. The van der Waals surface area contributed by atoms with Crippen LogP contribution in [0.5, 0.6) is 0 Å². The van der Waals surface area contributed by atoms with Gasteiger partial charge in [-0.05, 0) is 12.1 Å². The Balaban J connectivity index is 2.01. The molecule has 2 aromatic carbocycles. The zero-order chi connectivity index (χ0) is 13.7. The van der Waals surface area contributed by atoms with Gasteiger partial charge in [0.1, 0.15) is 5.82 Å². The van der Waals surface area contributed by atoms with Crippen molar-refractivity contribution >= 4 is 5.69 Å². The second-order valence-corrected chi connectivity index (χ2v) is 3.77. The van der Waals surface area contributed by atoms with Crippen LogP contribution in [0.4, 0.5) is 18.9 Å². The van der Waals surface area contributed by atoms with Gasteiger partial charge in [0.05, 0.1) is 12.2 Å². The van der Waals surface area contributed by atoms with E-state index in [-0.39, 0.29) is 12.2 Å². The highest BCUT2D eigenvalue weighted by atomic mass is 19.2. The Hall–Kier alpha value is -2.41. The van der Waals surface area contributed by atoms with E-state index in [0.29, 0.717) is 6.07 Å². The quantitative estimate of drug-likeness (QED) is 0.643. The number of benzene rings is 2. The van der Waals surface area contributed by atoms with Crippen LogP contribution in [-0.2, 0) is 0 Å². The maximum Gasteiger partial charge on any atom is 0.161 e. The number of nitrogens with one attached hydrogen (secondary N) is 1. The van der Waals surface area contributed by atoms with Gasteiger partial charge in [0.25, 0.3) is 0 Å². The van der Waals surface area contributed by atoms with Crippen molar-refractivity contribution in [2.24, 2.45) is 0 Å². The molecule has 0 amide bonds. The molecule has 0 aliphatic rings. The van der Waals surface area contributed by atoms with E-state index in [1.807, 2.05) is 30.3 Å². The molecule has 0 saturated heterocycles. The lowest BCUT2D eigenvalue weighted by molar-refractivity contribution is 0.496. The third-order valence-electron chi connectivity index (χ3n) is 2.38. The van der Waals surface area contributed by atoms with Crippen molar-refractivity contribution < 1.29 is 13.2 Å². The molecule has 0 radical (unpaired) electrons. The smallest absolute Gasteiger partial charge is 0.161 e. The van der Waals surface area contributed by atoms with Crippen molar-refractivity contribution in [2.45, 2.75) is 0 Å². The number of halogens is 3. The van der Waals surface area contributed by atoms with Crippen molar-refractivity contribution in [3.05, 3.63) is 65.5 Å². The summed E-state index contributed by atoms with van der Waals surface area (Å²) in [5, 5.41) is 2.60. The Labute approximate surface area is 109 Å². The first kappa shape index (κ1) is 13.0. The summed E-state index contributed by atoms with van der Waals surface area (Å²) in [5.74, 6) is 2.47. The second kappa shape index (κ2) is 5.96. The molecule has 0 saturated carbocycles. The van der Waals surface area contributed by atoms with Crippen LogP contribution in [0.1, 0.15) is 5.56 Å². The Morgan fingerprint density at radius 2 is 1.58 bits per heavy atom. The van der Waals surface area contributed by atoms with E-state index in [2.05, 4.69) is 17.2 Å². The summed E-state index contributed by atoms with van der Waals surface area (Å²) in [6, 6.07) is 10.5. The topological polar surface area (TPSA) is 12.0 Å². The summed E-state index contributed by atoms with van der Waals surface area (Å²) in [5.41, 5.74) is 0.719. The standard InChI is InChI=1S/C15H10F3N/c16-12-9-14(18)15(10-13(12)17)19-8-4-7-11-5-2-1-3-6-11/h1-3,5-6,9-10,19H,8H2. The van der Waals surface area contributed by atoms with Crippen LogP contribution in [0.3, 0.4) is 0 Å². The summed E-state index contributed by atoms with van der Waals surface area (Å²) < 4.78 is 38.9. The van der Waals surface area contributed by atoms with Crippen LogP contribution < -0.4 is 5.32 Å². The zero-order valence-corrected chi connectivity index (χ0v) is 9.88. The van der Waals surface area contributed by atoms with Crippen LogP contribution in [-0.4, -0.2) is 6.54 Å². The van der Waals surface area contributed by atoms with Gasteiger partial charge in [-0.2, -0.15) is 0 Å². The lowest BCUT2D eigenvalue weighted by Gasteiger charge is -2.04. The Morgan fingerprint density at radius 3 is 2.32 bits per heavy atom. The van der Waals surface area contributed by atoms with Crippen LogP contribution in [0.15, 0.2) is 42.5 Å². The fraction of sp³-hybridized carbons (Fsp3) is 0.0667. The average molecular weight is 261 g/mol. The highest BCUT2D eigenvalue weighted by Gasteiger charge is 2.08. The third kappa shape index (κ3) is 3.52. The van der Waals surface area contributed by atoms with Crippen molar-refractivity contribution in [2.75, 3.05) is 11.9 Å². The van der Waals surface area contributed by atoms with E-state index in [4.69, 9.17) is 0 Å². The van der Waals surface area contributed by atoms with E-state index in [0.717, 1.165) is 11.6 Å². The highest BCUT2D eigenvalue weighted by Crippen LogP contribution is 2.17. The van der Waals surface area contributed by atoms with Crippen LogP contribution in [0.2, 0.25) is 0 Å². The molecule has 0 spiro atoms. The predicted molar refractivity (Wildman–Crippen MR) is 68.1 cm³/mol. The van der Waals surface area contributed by atoms with E-state index in [1.165, 1.54) is 0 Å².